The number of carbonyl (C=O) groups excluding carboxylic acids is 2. The molecule has 0 unspecified atom stereocenters. The Bertz CT molecular complexity index is 1100. The van der Waals surface area contributed by atoms with Crippen molar-refractivity contribution in [2.45, 2.75) is 51.0 Å². The van der Waals surface area contributed by atoms with E-state index in [1.807, 2.05) is 0 Å². The van der Waals surface area contributed by atoms with Crippen molar-refractivity contribution in [1.29, 1.82) is 0 Å². The Kier molecular flexibility index (Phi) is 7.24. The molecule has 1 aromatic carbocycles. The highest BCUT2D eigenvalue weighted by molar-refractivity contribution is 5.89. The summed E-state index contributed by atoms with van der Waals surface area (Å²) in [5.74, 6) is -6.53. The maximum absolute atomic E-state index is 13.9. The van der Waals surface area contributed by atoms with Crippen molar-refractivity contribution in [2.75, 3.05) is 13.7 Å². The number of nitrogens with two attached hydrogens (primary N) is 1. The maximum Gasteiger partial charge on any atom is 0.449 e. The second-order valence-corrected chi connectivity index (χ2v) is 7.85. The average Bonchev–Trinajstić information content (AvgIpc) is 3.16. The fourth-order valence-corrected chi connectivity index (χ4v) is 4.13. The van der Waals surface area contributed by atoms with Crippen LogP contribution in [0, 0.1) is 17.5 Å². The number of ether oxygens (including phenoxy) is 1. The van der Waals surface area contributed by atoms with Gasteiger partial charge in [0.2, 0.25) is 11.7 Å². The van der Waals surface area contributed by atoms with Gasteiger partial charge < -0.3 is 19.9 Å². The van der Waals surface area contributed by atoms with Crippen molar-refractivity contribution in [3.05, 3.63) is 52.4 Å². The summed E-state index contributed by atoms with van der Waals surface area (Å²) >= 11 is 0. The average molecular weight is 492 g/mol. The van der Waals surface area contributed by atoms with Crippen LogP contribution in [-0.4, -0.2) is 46.0 Å². The van der Waals surface area contributed by atoms with Crippen LogP contribution in [0.2, 0.25) is 0 Å². The largest absolute Gasteiger partial charge is 0.464 e. The third-order valence-electron chi connectivity index (χ3n) is 5.61. The van der Waals surface area contributed by atoms with E-state index < -0.39 is 59.1 Å². The van der Waals surface area contributed by atoms with Gasteiger partial charge in [-0.1, -0.05) is 6.92 Å². The summed E-state index contributed by atoms with van der Waals surface area (Å²) in [4.78, 5) is 29.9. The van der Waals surface area contributed by atoms with E-state index in [1.165, 1.54) is 4.90 Å². The third-order valence-corrected chi connectivity index (χ3v) is 5.61. The summed E-state index contributed by atoms with van der Waals surface area (Å²) in [5.41, 5.74) is 5.09. The van der Waals surface area contributed by atoms with Crippen molar-refractivity contribution in [3.8, 4) is 0 Å². The molecule has 0 fully saturated rings. The Morgan fingerprint density at radius 3 is 2.41 bits per heavy atom. The molecule has 13 heteroatoms. The first-order valence-electron chi connectivity index (χ1n) is 10.3. The van der Waals surface area contributed by atoms with E-state index in [-0.39, 0.29) is 43.6 Å². The number of carbonyl (C=O) groups is 2. The topological polar surface area (TPSA) is 90.5 Å². The van der Waals surface area contributed by atoms with Crippen molar-refractivity contribution < 1.29 is 40.7 Å². The zero-order chi connectivity index (χ0) is 25.4. The number of esters is 1. The first-order chi connectivity index (χ1) is 15.9. The van der Waals surface area contributed by atoms with Crippen molar-refractivity contribution in [1.82, 2.24) is 14.5 Å². The lowest BCUT2D eigenvalue weighted by atomic mass is 10.00. The van der Waals surface area contributed by atoms with Gasteiger partial charge in [-0.15, -0.1) is 0 Å². The summed E-state index contributed by atoms with van der Waals surface area (Å²) in [7, 11) is 1.00. The highest BCUT2D eigenvalue weighted by Crippen LogP contribution is 2.38. The lowest BCUT2D eigenvalue weighted by molar-refractivity contribution is -0.148. The summed E-state index contributed by atoms with van der Waals surface area (Å²) in [6, 6.07) is -0.872. The van der Waals surface area contributed by atoms with Crippen LogP contribution in [0.3, 0.4) is 0 Å². The van der Waals surface area contributed by atoms with Gasteiger partial charge in [0.25, 0.3) is 0 Å². The number of benzene rings is 1. The van der Waals surface area contributed by atoms with Crippen LogP contribution in [0.1, 0.15) is 53.4 Å². The molecule has 3 rings (SSSR count). The Labute approximate surface area is 190 Å². The molecule has 186 valence electrons. The molecule has 1 aliphatic heterocycles. The van der Waals surface area contributed by atoms with Crippen LogP contribution in [-0.2, 0) is 28.7 Å². The molecular weight excluding hydrogens is 470 g/mol. The van der Waals surface area contributed by atoms with Crippen LogP contribution in [0.15, 0.2) is 12.1 Å². The van der Waals surface area contributed by atoms with E-state index in [9.17, 15) is 35.9 Å². The number of hydrogen-bond acceptors (Lipinski definition) is 5. The highest BCUT2D eigenvalue weighted by atomic mass is 19.4. The molecule has 7 nitrogen and oxygen atoms in total. The second-order valence-electron chi connectivity index (χ2n) is 7.85. The van der Waals surface area contributed by atoms with E-state index >= 15 is 0 Å². The minimum absolute atomic E-state index is 0.0958. The smallest absolute Gasteiger partial charge is 0.449 e. The fourth-order valence-electron chi connectivity index (χ4n) is 4.13. The minimum atomic E-state index is -4.83. The van der Waals surface area contributed by atoms with E-state index in [0.717, 1.165) is 11.7 Å². The van der Waals surface area contributed by atoms with Gasteiger partial charge in [0, 0.05) is 31.6 Å². The number of nitrogens with zero attached hydrogens (tertiary/aromatic N) is 3. The molecular formula is C21H22F6N4O3. The van der Waals surface area contributed by atoms with Gasteiger partial charge in [-0.05, 0) is 24.5 Å². The van der Waals surface area contributed by atoms with Gasteiger partial charge >= 0.3 is 12.1 Å². The SMILES string of the molecule is CC[C@@H]1c2c(C(=O)OC)nc(C(F)(F)F)n2CCN1C(=O)C[C@H](N)Cc1cc(F)c(F)cc1F. The van der Waals surface area contributed by atoms with Crippen LogP contribution in [0.25, 0.3) is 0 Å². The summed E-state index contributed by atoms with van der Waals surface area (Å²) in [6.07, 6.45) is -5.29. The van der Waals surface area contributed by atoms with E-state index in [0.29, 0.717) is 12.1 Å². The number of hydrogen-bond donors (Lipinski definition) is 1. The number of rotatable bonds is 6. The Balaban J connectivity index is 1.86. The molecule has 2 heterocycles. The maximum atomic E-state index is 13.9. The first kappa shape index (κ1) is 25.5. The summed E-state index contributed by atoms with van der Waals surface area (Å²) < 4.78 is 86.4. The molecule has 1 amide bonds. The molecule has 0 aliphatic carbocycles. The van der Waals surface area contributed by atoms with E-state index in [2.05, 4.69) is 9.72 Å². The zero-order valence-corrected chi connectivity index (χ0v) is 18.3. The Morgan fingerprint density at radius 1 is 1.18 bits per heavy atom. The normalized spacial score (nSPS) is 16.9. The van der Waals surface area contributed by atoms with Crippen molar-refractivity contribution in [3.63, 3.8) is 0 Å². The number of aromatic nitrogens is 2. The summed E-state index contributed by atoms with van der Waals surface area (Å²) in [5, 5.41) is 0. The monoisotopic (exact) mass is 492 g/mol. The lowest BCUT2D eigenvalue weighted by Crippen LogP contribution is -2.45. The quantitative estimate of drug-likeness (QED) is 0.380. The van der Waals surface area contributed by atoms with Gasteiger partial charge in [0.1, 0.15) is 5.82 Å². The molecule has 0 spiro atoms. The number of methoxy groups -OCH3 is 1. The molecule has 0 saturated heterocycles. The van der Waals surface area contributed by atoms with Crippen LogP contribution < -0.4 is 5.73 Å². The number of alkyl halides is 3. The number of fused-ring (bicyclic) bond motifs is 1. The van der Waals surface area contributed by atoms with Crippen LogP contribution in [0.4, 0.5) is 26.3 Å². The molecule has 1 aromatic heterocycles. The van der Waals surface area contributed by atoms with Gasteiger partial charge in [-0.25, -0.2) is 22.9 Å². The molecule has 0 bridgehead atoms. The molecule has 1 aliphatic rings. The molecule has 2 aromatic rings. The summed E-state index contributed by atoms with van der Waals surface area (Å²) in [6.45, 7) is 1.23. The predicted octanol–water partition coefficient (Wildman–Crippen LogP) is 3.36. The Hall–Kier alpha value is -3.09. The standard InChI is InChI=1S/C21H22F6N4O3/c1-3-15-18-17(19(33)34-2)29-20(21(25,26)27)31(18)5-4-30(15)16(32)8-11(28)6-10-7-13(23)14(24)9-12(10)22/h7,9,11,15H,3-6,8,28H2,1-2H3/t11-,15-/m1/s1. The molecule has 2 atom stereocenters. The zero-order valence-electron chi connectivity index (χ0n) is 18.3. The van der Waals surface area contributed by atoms with E-state index in [1.54, 1.807) is 6.92 Å². The van der Waals surface area contributed by atoms with E-state index in [4.69, 9.17) is 5.73 Å². The van der Waals surface area contributed by atoms with Crippen molar-refractivity contribution in [2.24, 2.45) is 5.73 Å². The van der Waals surface area contributed by atoms with Crippen molar-refractivity contribution >= 4 is 11.9 Å². The van der Waals surface area contributed by atoms with Crippen LogP contribution >= 0.6 is 0 Å². The minimum Gasteiger partial charge on any atom is -0.464 e. The first-order valence-corrected chi connectivity index (χ1v) is 10.3. The number of amides is 1. The second kappa shape index (κ2) is 9.65. The Morgan fingerprint density at radius 2 is 1.82 bits per heavy atom. The fraction of sp³-hybridized carbons (Fsp3) is 0.476. The van der Waals surface area contributed by atoms with Gasteiger partial charge in [-0.2, -0.15) is 13.2 Å². The van der Waals surface area contributed by atoms with Gasteiger partial charge in [0.05, 0.1) is 18.8 Å². The predicted molar refractivity (Wildman–Crippen MR) is 106 cm³/mol. The molecule has 2 N–H and O–H groups in total. The molecule has 0 saturated carbocycles. The number of halogens is 6. The highest BCUT2D eigenvalue weighted by Gasteiger charge is 2.44. The van der Waals surface area contributed by atoms with Gasteiger partial charge in [-0.3, -0.25) is 4.79 Å². The van der Waals surface area contributed by atoms with Gasteiger partial charge in [0.15, 0.2) is 17.3 Å². The third kappa shape index (κ3) is 4.88. The van der Waals surface area contributed by atoms with Crippen LogP contribution in [0.5, 0.6) is 0 Å². The molecule has 34 heavy (non-hydrogen) atoms. The molecule has 0 radical (unpaired) electrons. The number of imidazole rings is 1. The lowest BCUT2D eigenvalue weighted by Gasteiger charge is -2.37.